The summed E-state index contributed by atoms with van der Waals surface area (Å²) in [7, 11) is 0. The number of nitrogens with zero attached hydrogens (tertiary/aromatic N) is 1. The number of fused-ring (bicyclic) bond motifs is 1. The van der Waals surface area contributed by atoms with Crippen LogP contribution in [0.2, 0.25) is 0 Å². The standard InChI is InChI=1S/C17H19NO4/c19-10-16(21)15(20)8-14-9-17(22-18-14)13-6-5-11-3-1-2-4-12(11)7-13/h1-7,15-17,19-21H,8-10H2/t15-,16+,17?/m0/s1. The molecule has 1 unspecified atom stereocenters. The lowest BCUT2D eigenvalue weighted by atomic mass is 9.98. The van der Waals surface area contributed by atoms with E-state index < -0.39 is 18.8 Å². The lowest BCUT2D eigenvalue weighted by Crippen LogP contribution is -2.31. The topological polar surface area (TPSA) is 82.3 Å². The predicted octanol–water partition coefficient (Wildman–Crippen LogP) is 1.76. The van der Waals surface area contributed by atoms with Crippen LogP contribution in [0.5, 0.6) is 0 Å². The molecule has 116 valence electrons. The van der Waals surface area contributed by atoms with Gasteiger partial charge in [0.2, 0.25) is 0 Å². The zero-order valence-electron chi connectivity index (χ0n) is 12.1. The Kier molecular flexibility index (Phi) is 4.38. The van der Waals surface area contributed by atoms with Crippen molar-refractivity contribution < 1.29 is 20.2 Å². The molecule has 3 atom stereocenters. The third-order valence-corrected chi connectivity index (χ3v) is 3.95. The zero-order valence-corrected chi connectivity index (χ0v) is 12.1. The first-order valence-electron chi connectivity index (χ1n) is 7.34. The quantitative estimate of drug-likeness (QED) is 0.786. The second-order valence-corrected chi connectivity index (χ2v) is 5.58. The number of aliphatic hydroxyl groups is 3. The van der Waals surface area contributed by atoms with Gasteiger partial charge in [0.1, 0.15) is 6.10 Å². The Hall–Kier alpha value is -1.95. The fourth-order valence-electron chi connectivity index (χ4n) is 2.63. The van der Waals surface area contributed by atoms with Crippen LogP contribution in [0.25, 0.3) is 10.8 Å². The van der Waals surface area contributed by atoms with Gasteiger partial charge in [-0.2, -0.15) is 0 Å². The molecule has 1 aliphatic heterocycles. The fraction of sp³-hybridized carbons (Fsp3) is 0.353. The molecule has 5 heteroatoms. The summed E-state index contributed by atoms with van der Waals surface area (Å²) in [4.78, 5) is 5.45. The van der Waals surface area contributed by atoms with E-state index in [-0.39, 0.29) is 12.5 Å². The Balaban J connectivity index is 1.67. The number of rotatable bonds is 5. The number of oxime groups is 1. The molecule has 5 nitrogen and oxygen atoms in total. The number of hydrogen-bond acceptors (Lipinski definition) is 5. The molecule has 3 N–H and O–H groups in total. The van der Waals surface area contributed by atoms with E-state index in [4.69, 9.17) is 9.94 Å². The van der Waals surface area contributed by atoms with Gasteiger partial charge in [0.05, 0.1) is 18.4 Å². The van der Waals surface area contributed by atoms with Crippen LogP contribution in [0.4, 0.5) is 0 Å². The number of benzene rings is 2. The molecule has 0 saturated carbocycles. The van der Waals surface area contributed by atoms with E-state index in [9.17, 15) is 10.2 Å². The minimum Gasteiger partial charge on any atom is -0.394 e. The van der Waals surface area contributed by atoms with Crippen LogP contribution in [0.3, 0.4) is 0 Å². The molecule has 3 rings (SSSR count). The molecule has 0 aromatic heterocycles. The van der Waals surface area contributed by atoms with Crippen molar-refractivity contribution in [2.45, 2.75) is 31.2 Å². The van der Waals surface area contributed by atoms with E-state index in [0.717, 1.165) is 10.9 Å². The van der Waals surface area contributed by atoms with Crippen LogP contribution in [-0.4, -0.2) is 39.8 Å². The van der Waals surface area contributed by atoms with Gasteiger partial charge in [0.25, 0.3) is 0 Å². The monoisotopic (exact) mass is 301 g/mol. The Morgan fingerprint density at radius 2 is 1.86 bits per heavy atom. The van der Waals surface area contributed by atoms with E-state index in [1.807, 2.05) is 18.2 Å². The van der Waals surface area contributed by atoms with E-state index in [0.29, 0.717) is 12.1 Å². The Bertz CT molecular complexity index is 685. The van der Waals surface area contributed by atoms with Crippen molar-refractivity contribution in [2.75, 3.05) is 6.61 Å². The number of aliphatic hydroxyl groups excluding tert-OH is 3. The highest BCUT2D eigenvalue weighted by molar-refractivity contribution is 5.87. The summed E-state index contributed by atoms with van der Waals surface area (Å²) in [5.41, 5.74) is 1.73. The van der Waals surface area contributed by atoms with Crippen molar-refractivity contribution in [3.63, 3.8) is 0 Å². The summed E-state index contributed by atoms with van der Waals surface area (Å²) in [6.45, 7) is -0.469. The molecule has 0 aliphatic carbocycles. The van der Waals surface area contributed by atoms with Gasteiger partial charge in [-0.25, -0.2) is 0 Å². The van der Waals surface area contributed by atoms with Crippen molar-refractivity contribution in [1.29, 1.82) is 0 Å². The first-order valence-corrected chi connectivity index (χ1v) is 7.34. The van der Waals surface area contributed by atoms with Gasteiger partial charge >= 0.3 is 0 Å². The molecule has 0 amide bonds. The maximum absolute atomic E-state index is 9.73. The minimum absolute atomic E-state index is 0.168. The van der Waals surface area contributed by atoms with Gasteiger partial charge in [0.15, 0.2) is 6.10 Å². The highest BCUT2D eigenvalue weighted by Gasteiger charge is 2.26. The molecule has 22 heavy (non-hydrogen) atoms. The lowest BCUT2D eigenvalue weighted by Gasteiger charge is -2.14. The summed E-state index contributed by atoms with van der Waals surface area (Å²) >= 11 is 0. The molecule has 0 radical (unpaired) electrons. The lowest BCUT2D eigenvalue weighted by molar-refractivity contribution is -0.0101. The van der Waals surface area contributed by atoms with Gasteiger partial charge in [0, 0.05) is 12.8 Å². The molecule has 1 heterocycles. The summed E-state index contributed by atoms with van der Waals surface area (Å²) in [6.07, 6.45) is -1.57. The molecule has 1 aliphatic rings. The maximum atomic E-state index is 9.73. The minimum atomic E-state index is -1.15. The van der Waals surface area contributed by atoms with Gasteiger partial charge in [-0.1, -0.05) is 41.6 Å². The molecule has 0 spiro atoms. The largest absolute Gasteiger partial charge is 0.394 e. The average Bonchev–Trinajstić information content (AvgIpc) is 3.02. The van der Waals surface area contributed by atoms with E-state index >= 15 is 0 Å². The van der Waals surface area contributed by atoms with Crippen LogP contribution < -0.4 is 0 Å². The number of hydrogen-bond donors (Lipinski definition) is 3. The van der Waals surface area contributed by atoms with Crippen LogP contribution in [0, 0.1) is 0 Å². The summed E-state index contributed by atoms with van der Waals surface area (Å²) in [6, 6.07) is 14.3. The molecule has 2 aromatic rings. The highest BCUT2D eigenvalue weighted by atomic mass is 16.6. The van der Waals surface area contributed by atoms with Crippen molar-refractivity contribution in [2.24, 2.45) is 5.16 Å². The van der Waals surface area contributed by atoms with Crippen molar-refractivity contribution in [3.8, 4) is 0 Å². The molecule has 0 saturated heterocycles. The second kappa shape index (κ2) is 6.44. The molecular weight excluding hydrogens is 282 g/mol. The van der Waals surface area contributed by atoms with Crippen LogP contribution in [0.1, 0.15) is 24.5 Å². The van der Waals surface area contributed by atoms with Crippen molar-refractivity contribution in [3.05, 3.63) is 48.0 Å². The zero-order chi connectivity index (χ0) is 15.5. The van der Waals surface area contributed by atoms with Crippen molar-refractivity contribution >= 4 is 16.5 Å². The van der Waals surface area contributed by atoms with Crippen molar-refractivity contribution in [1.82, 2.24) is 0 Å². The third kappa shape index (κ3) is 3.11. The summed E-state index contributed by atoms with van der Waals surface area (Å²) in [5.74, 6) is 0. The highest BCUT2D eigenvalue weighted by Crippen LogP contribution is 2.30. The molecule has 0 fully saturated rings. The van der Waals surface area contributed by atoms with Crippen LogP contribution >= 0.6 is 0 Å². The van der Waals surface area contributed by atoms with Gasteiger partial charge in [-0.3, -0.25) is 0 Å². The van der Waals surface area contributed by atoms with E-state index in [1.54, 1.807) is 0 Å². The summed E-state index contributed by atoms with van der Waals surface area (Å²) in [5, 5.41) is 34.3. The van der Waals surface area contributed by atoms with E-state index in [1.165, 1.54) is 5.39 Å². The molecule has 2 aromatic carbocycles. The van der Waals surface area contributed by atoms with Crippen LogP contribution in [0.15, 0.2) is 47.6 Å². The first kappa shape index (κ1) is 15.0. The second-order valence-electron chi connectivity index (χ2n) is 5.58. The summed E-state index contributed by atoms with van der Waals surface area (Å²) < 4.78 is 0. The van der Waals surface area contributed by atoms with Gasteiger partial charge in [-0.15, -0.1) is 0 Å². The first-order chi connectivity index (χ1) is 10.7. The molecule has 0 bridgehead atoms. The average molecular weight is 301 g/mol. The third-order valence-electron chi connectivity index (χ3n) is 3.95. The molecular formula is C17H19NO4. The fourth-order valence-corrected chi connectivity index (χ4v) is 2.63. The Morgan fingerprint density at radius 1 is 1.09 bits per heavy atom. The Morgan fingerprint density at radius 3 is 2.64 bits per heavy atom. The predicted molar refractivity (Wildman–Crippen MR) is 83.5 cm³/mol. The van der Waals surface area contributed by atoms with Crippen LogP contribution in [-0.2, 0) is 4.84 Å². The Labute approximate surface area is 128 Å². The van der Waals surface area contributed by atoms with E-state index in [2.05, 4.69) is 29.4 Å². The van der Waals surface area contributed by atoms with Gasteiger partial charge in [-0.05, 0) is 22.4 Å². The smallest absolute Gasteiger partial charge is 0.157 e. The maximum Gasteiger partial charge on any atom is 0.157 e. The SMILES string of the molecule is OC[C@@H](O)[C@@H](O)CC1=NOC(c2ccc3ccccc3c2)C1. The van der Waals surface area contributed by atoms with Gasteiger partial charge < -0.3 is 20.2 Å². The normalized spacial score (nSPS) is 20.5.